The zero-order chi connectivity index (χ0) is 24.9. The molecule has 35 heavy (non-hydrogen) atoms. The minimum absolute atomic E-state index is 0.0740. The number of methoxy groups -OCH3 is 2. The maximum absolute atomic E-state index is 12.9. The largest absolute Gasteiger partial charge is 0.493 e. The first-order chi connectivity index (χ1) is 16.9. The summed E-state index contributed by atoms with van der Waals surface area (Å²) >= 11 is 0.908. The molecular formula is C26H23NO7S. The van der Waals surface area contributed by atoms with Crippen molar-refractivity contribution in [3.8, 4) is 11.5 Å². The van der Waals surface area contributed by atoms with Crippen molar-refractivity contribution in [2.75, 3.05) is 14.2 Å². The third kappa shape index (κ3) is 5.58. The smallest absolute Gasteiger partial charge is 0.373 e. The average molecular weight is 494 g/mol. The molecule has 0 aliphatic carbocycles. The third-order valence-corrected chi connectivity index (χ3v) is 6.11. The Morgan fingerprint density at radius 2 is 1.89 bits per heavy atom. The van der Waals surface area contributed by atoms with E-state index in [9.17, 15) is 14.4 Å². The van der Waals surface area contributed by atoms with E-state index in [2.05, 4.69) is 4.74 Å². The summed E-state index contributed by atoms with van der Waals surface area (Å²) in [7, 11) is 2.78. The molecule has 3 aromatic rings. The van der Waals surface area contributed by atoms with Crippen LogP contribution < -0.4 is 9.47 Å². The molecule has 1 aliphatic heterocycles. The molecule has 9 heteroatoms. The number of carbonyl (C=O) groups excluding carboxylic acids is 3. The molecule has 1 aromatic heterocycles. The number of nitrogens with zero attached hydrogens (tertiary/aromatic N) is 1. The SMILES string of the molecule is COC(=O)c1ccc(COc2ccc(/C=C3/SC(=O)N(Cc4cccc(C)c4)C3=O)cc2OC)o1. The molecule has 1 fully saturated rings. The van der Waals surface area contributed by atoms with Crippen LogP contribution in [0.4, 0.5) is 4.79 Å². The van der Waals surface area contributed by atoms with E-state index in [4.69, 9.17) is 13.9 Å². The first kappa shape index (κ1) is 24.2. The zero-order valence-electron chi connectivity index (χ0n) is 19.4. The van der Waals surface area contributed by atoms with E-state index in [-0.39, 0.29) is 30.1 Å². The number of ether oxygens (including phenoxy) is 3. The summed E-state index contributed by atoms with van der Waals surface area (Å²) in [4.78, 5) is 38.5. The Labute approximate surface area is 206 Å². The summed E-state index contributed by atoms with van der Waals surface area (Å²) in [5.74, 6) is 0.524. The lowest BCUT2D eigenvalue weighted by molar-refractivity contribution is -0.123. The Balaban J connectivity index is 1.46. The van der Waals surface area contributed by atoms with E-state index in [1.165, 1.54) is 25.2 Å². The van der Waals surface area contributed by atoms with Gasteiger partial charge in [0.15, 0.2) is 11.5 Å². The van der Waals surface area contributed by atoms with Gasteiger partial charge in [0.25, 0.3) is 11.1 Å². The van der Waals surface area contributed by atoms with Gasteiger partial charge in [0, 0.05) is 0 Å². The monoisotopic (exact) mass is 493 g/mol. The van der Waals surface area contributed by atoms with Gasteiger partial charge in [0.05, 0.1) is 25.7 Å². The molecule has 1 saturated heterocycles. The van der Waals surface area contributed by atoms with Crippen LogP contribution in [0.3, 0.4) is 0 Å². The van der Waals surface area contributed by atoms with Crippen molar-refractivity contribution in [1.82, 2.24) is 4.90 Å². The molecule has 2 amide bonds. The number of esters is 1. The van der Waals surface area contributed by atoms with Crippen molar-refractivity contribution in [2.45, 2.75) is 20.1 Å². The summed E-state index contributed by atoms with van der Waals surface area (Å²) in [6.45, 7) is 2.26. The first-order valence-electron chi connectivity index (χ1n) is 10.7. The van der Waals surface area contributed by atoms with Gasteiger partial charge in [-0.2, -0.15) is 0 Å². The molecule has 8 nitrogen and oxygen atoms in total. The normalized spacial score (nSPS) is 14.5. The van der Waals surface area contributed by atoms with E-state index >= 15 is 0 Å². The Hall–Kier alpha value is -3.98. The van der Waals surface area contributed by atoms with Crippen molar-refractivity contribution in [3.63, 3.8) is 0 Å². The van der Waals surface area contributed by atoms with Crippen LogP contribution in [0.1, 0.15) is 33.0 Å². The molecule has 0 bridgehead atoms. The van der Waals surface area contributed by atoms with Gasteiger partial charge in [-0.15, -0.1) is 0 Å². The lowest BCUT2D eigenvalue weighted by Gasteiger charge is -2.13. The number of rotatable bonds is 8. The summed E-state index contributed by atoms with van der Waals surface area (Å²) in [5, 5.41) is -0.306. The highest BCUT2D eigenvalue weighted by Gasteiger charge is 2.35. The molecule has 0 unspecified atom stereocenters. The van der Waals surface area contributed by atoms with Crippen LogP contribution in [0.15, 0.2) is 63.9 Å². The second-order valence-corrected chi connectivity index (χ2v) is 8.71. The molecule has 0 saturated carbocycles. The van der Waals surface area contributed by atoms with E-state index < -0.39 is 5.97 Å². The molecule has 0 N–H and O–H groups in total. The highest BCUT2D eigenvalue weighted by atomic mass is 32.2. The predicted octanol–water partition coefficient (Wildman–Crippen LogP) is 5.20. The number of aryl methyl sites for hydroxylation is 1. The number of furan rings is 1. The number of hydrogen-bond acceptors (Lipinski definition) is 8. The quantitative estimate of drug-likeness (QED) is 0.312. The maximum Gasteiger partial charge on any atom is 0.373 e. The fourth-order valence-corrected chi connectivity index (χ4v) is 4.33. The average Bonchev–Trinajstić information content (AvgIpc) is 3.43. The molecule has 0 radical (unpaired) electrons. The Morgan fingerprint density at radius 1 is 1.06 bits per heavy atom. The molecule has 0 spiro atoms. The van der Waals surface area contributed by atoms with Crippen LogP contribution in [0.25, 0.3) is 6.08 Å². The fraction of sp³-hybridized carbons (Fsp3) is 0.192. The van der Waals surface area contributed by atoms with Gasteiger partial charge >= 0.3 is 5.97 Å². The number of thioether (sulfide) groups is 1. The van der Waals surface area contributed by atoms with Crippen molar-refractivity contribution < 1.29 is 33.0 Å². The highest BCUT2D eigenvalue weighted by Crippen LogP contribution is 2.35. The summed E-state index contributed by atoms with van der Waals surface area (Å²) in [5.41, 5.74) is 2.64. The third-order valence-electron chi connectivity index (χ3n) is 5.20. The molecular weight excluding hydrogens is 470 g/mol. The van der Waals surface area contributed by atoms with Gasteiger partial charge in [-0.25, -0.2) is 4.79 Å². The molecule has 0 atom stereocenters. The van der Waals surface area contributed by atoms with Crippen LogP contribution in [-0.2, 0) is 22.7 Å². The Morgan fingerprint density at radius 3 is 2.63 bits per heavy atom. The fourth-order valence-electron chi connectivity index (χ4n) is 3.49. The Kier molecular flexibility index (Phi) is 7.26. The van der Waals surface area contributed by atoms with E-state index in [0.717, 1.165) is 22.9 Å². The zero-order valence-corrected chi connectivity index (χ0v) is 20.2. The lowest BCUT2D eigenvalue weighted by Crippen LogP contribution is -2.27. The minimum Gasteiger partial charge on any atom is -0.493 e. The molecule has 1 aliphatic rings. The van der Waals surface area contributed by atoms with Gasteiger partial charge in [-0.3, -0.25) is 14.5 Å². The summed E-state index contributed by atoms with van der Waals surface area (Å²) in [6, 6.07) is 16.0. The topological polar surface area (TPSA) is 95.3 Å². The van der Waals surface area contributed by atoms with E-state index in [1.54, 1.807) is 30.3 Å². The van der Waals surface area contributed by atoms with Gasteiger partial charge in [0.1, 0.15) is 12.4 Å². The van der Waals surface area contributed by atoms with Crippen molar-refractivity contribution in [1.29, 1.82) is 0 Å². The molecule has 180 valence electrons. The van der Waals surface area contributed by atoms with Crippen molar-refractivity contribution >= 4 is 35.0 Å². The number of amides is 2. The molecule has 4 rings (SSSR count). The first-order valence-corrected chi connectivity index (χ1v) is 11.5. The van der Waals surface area contributed by atoms with Crippen LogP contribution >= 0.6 is 11.8 Å². The number of hydrogen-bond donors (Lipinski definition) is 0. The van der Waals surface area contributed by atoms with Gasteiger partial charge < -0.3 is 18.6 Å². The van der Waals surface area contributed by atoms with Crippen LogP contribution in [0.2, 0.25) is 0 Å². The van der Waals surface area contributed by atoms with Crippen molar-refractivity contribution in [2.24, 2.45) is 0 Å². The van der Waals surface area contributed by atoms with Crippen LogP contribution in [0.5, 0.6) is 11.5 Å². The highest BCUT2D eigenvalue weighted by molar-refractivity contribution is 8.18. The maximum atomic E-state index is 12.9. The number of carbonyl (C=O) groups is 3. The molecule has 2 aromatic carbocycles. The van der Waals surface area contributed by atoms with E-state index in [0.29, 0.717) is 27.7 Å². The van der Waals surface area contributed by atoms with E-state index in [1.807, 2.05) is 31.2 Å². The summed E-state index contributed by atoms with van der Waals surface area (Å²) in [6.07, 6.45) is 1.66. The summed E-state index contributed by atoms with van der Waals surface area (Å²) < 4.78 is 21.2. The molecule has 2 heterocycles. The van der Waals surface area contributed by atoms with Gasteiger partial charge in [-0.05, 0) is 60.2 Å². The Bertz CT molecular complexity index is 1310. The number of benzene rings is 2. The predicted molar refractivity (Wildman–Crippen MR) is 130 cm³/mol. The minimum atomic E-state index is -0.568. The number of imide groups is 1. The second kappa shape index (κ2) is 10.5. The standard InChI is InChI=1S/C26H23NO7S/c1-16-5-4-6-18(11-16)14-27-24(28)23(35-26(27)30)13-17-7-9-20(22(12-17)31-2)33-15-19-8-10-21(34-19)25(29)32-3/h4-13H,14-15H2,1-3H3/b23-13+. The van der Waals surface area contributed by atoms with Gasteiger partial charge in [0.2, 0.25) is 5.76 Å². The lowest BCUT2D eigenvalue weighted by atomic mass is 10.1. The van der Waals surface area contributed by atoms with Gasteiger partial charge in [-0.1, -0.05) is 35.9 Å². The van der Waals surface area contributed by atoms with Crippen molar-refractivity contribution in [3.05, 3.63) is 87.7 Å². The van der Waals surface area contributed by atoms with Crippen LogP contribution in [0, 0.1) is 6.92 Å². The van der Waals surface area contributed by atoms with Crippen LogP contribution in [-0.4, -0.2) is 36.2 Å². The second-order valence-electron chi connectivity index (χ2n) is 7.71.